The average Bonchev–Trinajstić information content (AvgIpc) is 2.46. The van der Waals surface area contributed by atoms with Gasteiger partial charge in [0.05, 0.1) is 14.5 Å². The van der Waals surface area contributed by atoms with E-state index >= 15 is 0 Å². The summed E-state index contributed by atoms with van der Waals surface area (Å²) in [5, 5.41) is 0.0419. The molecular weight excluding hydrogens is 429 g/mol. The normalized spacial score (nSPS) is 11.0. The lowest BCUT2D eigenvalue weighted by atomic mass is 10.2. The highest BCUT2D eigenvalue weighted by Gasteiger charge is 2.10. The molecule has 0 aliphatic carbocycles. The van der Waals surface area contributed by atoms with E-state index in [1.54, 1.807) is 18.2 Å². The lowest BCUT2D eigenvalue weighted by molar-refractivity contribution is -0.107. The van der Waals surface area contributed by atoms with Crippen molar-refractivity contribution < 1.29 is 13.9 Å². The van der Waals surface area contributed by atoms with Crippen LogP contribution in [0.5, 0.6) is 5.75 Å². The number of halogens is 5. The molecule has 0 unspecified atom stereocenters. The zero-order valence-corrected chi connectivity index (χ0v) is 15.3. The van der Waals surface area contributed by atoms with E-state index in [-0.39, 0.29) is 11.6 Å². The van der Waals surface area contributed by atoms with Gasteiger partial charge >= 0.3 is 0 Å². The Kier molecular flexibility index (Phi) is 6.48. The van der Waals surface area contributed by atoms with Gasteiger partial charge in [-0.05, 0) is 63.4 Å². The predicted molar refractivity (Wildman–Crippen MR) is 94.8 cm³/mol. The van der Waals surface area contributed by atoms with Crippen LogP contribution in [0.1, 0.15) is 11.1 Å². The Labute approximate surface area is 155 Å². The van der Waals surface area contributed by atoms with E-state index in [0.29, 0.717) is 26.4 Å². The van der Waals surface area contributed by atoms with Gasteiger partial charge < -0.3 is 4.74 Å². The Morgan fingerprint density at radius 1 is 1.22 bits per heavy atom. The van der Waals surface area contributed by atoms with Crippen LogP contribution in [0.25, 0.3) is 6.08 Å². The first-order chi connectivity index (χ1) is 10.9. The standard InChI is InChI=1S/C16H9BrCl3FO2/c17-12-5-9(1-4-15(20)22)6-14(19)16(12)23-8-10-2-3-11(21)7-13(10)18/h1-7H,8H2/b4-1+. The molecule has 0 amide bonds. The van der Waals surface area contributed by atoms with Crippen LogP contribution >= 0.6 is 50.7 Å². The van der Waals surface area contributed by atoms with Gasteiger partial charge in [-0.15, -0.1) is 0 Å². The van der Waals surface area contributed by atoms with Crippen molar-refractivity contribution in [2.45, 2.75) is 6.61 Å². The maximum Gasteiger partial charge on any atom is 0.245 e. The summed E-state index contributed by atoms with van der Waals surface area (Å²) < 4.78 is 19.3. The SMILES string of the molecule is O=C(Cl)/C=C/c1cc(Cl)c(OCc2ccc(F)cc2Cl)c(Br)c1. The third-order valence-corrected chi connectivity index (χ3v) is 4.16. The fourth-order valence-corrected chi connectivity index (χ4v) is 3.04. The van der Waals surface area contributed by atoms with Crippen LogP contribution in [-0.2, 0) is 11.4 Å². The second-order valence-electron chi connectivity index (χ2n) is 4.48. The molecule has 2 aromatic carbocycles. The van der Waals surface area contributed by atoms with Crippen molar-refractivity contribution in [2.24, 2.45) is 0 Å². The summed E-state index contributed by atoms with van der Waals surface area (Å²) in [6.07, 6.45) is 2.76. The van der Waals surface area contributed by atoms with Crippen LogP contribution in [0, 0.1) is 5.82 Å². The van der Waals surface area contributed by atoms with Gasteiger partial charge in [0.1, 0.15) is 12.4 Å². The molecule has 2 aromatic rings. The van der Waals surface area contributed by atoms with Crippen LogP contribution in [0.15, 0.2) is 40.9 Å². The molecule has 0 saturated heterocycles. The molecule has 7 heteroatoms. The molecule has 0 bridgehead atoms. The molecule has 0 spiro atoms. The summed E-state index contributed by atoms with van der Waals surface area (Å²) in [7, 11) is 0. The van der Waals surface area contributed by atoms with E-state index in [2.05, 4.69) is 15.9 Å². The molecule has 120 valence electrons. The molecule has 0 aromatic heterocycles. The summed E-state index contributed by atoms with van der Waals surface area (Å²) in [6, 6.07) is 7.42. The molecule has 23 heavy (non-hydrogen) atoms. The molecule has 0 radical (unpaired) electrons. The maximum atomic E-state index is 13.0. The molecule has 0 heterocycles. The Morgan fingerprint density at radius 2 is 1.96 bits per heavy atom. The lowest BCUT2D eigenvalue weighted by Crippen LogP contribution is -1.98. The lowest BCUT2D eigenvalue weighted by Gasteiger charge is -2.12. The number of allylic oxidation sites excluding steroid dienone is 1. The van der Waals surface area contributed by atoms with Gasteiger partial charge in [0.15, 0.2) is 5.75 Å². The van der Waals surface area contributed by atoms with Crippen molar-refractivity contribution >= 4 is 62.1 Å². The third kappa shape index (κ3) is 5.21. The Balaban J connectivity index is 2.18. The van der Waals surface area contributed by atoms with Gasteiger partial charge in [0.2, 0.25) is 5.24 Å². The minimum Gasteiger partial charge on any atom is -0.486 e. The molecule has 0 aliphatic rings. The summed E-state index contributed by atoms with van der Waals surface area (Å²) >= 11 is 20.7. The Morgan fingerprint density at radius 3 is 2.57 bits per heavy atom. The van der Waals surface area contributed by atoms with Gasteiger partial charge in [-0.25, -0.2) is 4.39 Å². The van der Waals surface area contributed by atoms with Crippen LogP contribution in [0.3, 0.4) is 0 Å². The molecular formula is C16H9BrCl3FO2. The molecule has 2 nitrogen and oxygen atoms in total. The van der Waals surface area contributed by atoms with Gasteiger partial charge in [-0.1, -0.05) is 35.3 Å². The minimum atomic E-state index is -0.580. The summed E-state index contributed by atoms with van der Waals surface area (Å²) in [5.41, 5.74) is 1.32. The highest BCUT2D eigenvalue weighted by molar-refractivity contribution is 9.10. The number of ether oxygens (including phenoxy) is 1. The van der Waals surface area contributed by atoms with Crippen LogP contribution in [0.4, 0.5) is 4.39 Å². The summed E-state index contributed by atoms with van der Waals surface area (Å²) in [5.74, 6) is 0.00403. The molecule has 0 saturated carbocycles. The first-order valence-corrected chi connectivity index (χ1v) is 8.23. The van der Waals surface area contributed by atoms with E-state index in [1.165, 1.54) is 24.3 Å². The van der Waals surface area contributed by atoms with Crippen LogP contribution in [-0.4, -0.2) is 5.24 Å². The van der Waals surface area contributed by atoms with Crippen molar-refractivity contribution in [2.75, 3.05) is 0 Å². The zero-order chi connectivity index (χ0) is 17.0. The number of hydrogen-bond donors (Lipinski definition) is 0. The minimum absolute atomic E-state index is 0.132. The Hall–Kier alpha value is -1.07. The smallest absolute Gasteiger partial charge is 0.245 e. The van der Waals surface area contributed by atoms with Crippen molar-refractivity contribution in [1.82, 2.24) is 0 Å². The van der Waals surface area contributed by atoms with E-state index in [0.717, 1.165) is 0 Å². The van der Waals surface area contributed by atoms with Crippen molar-refractivity contribution in [3.63, 3.8) is 0 Å². The zero-order valence-electron chi connectivity index (χ0n) is 11.5. The highest BCUT2D eigenvalue weighted by atomic mass is 79.9. The number of carbonyl (C=O) groups excluding carboxylic acids is 1. The van der Waals surface area contributed by atoms with Crippen molar-refractivity contribution in [1.29, 1.82) is 0 Å². The third-order valence-electron chi connectivity index (χ3n) is 2.81. The van der Waals surface area contributed by atoms with Gasteiger partial charge in [0.25, 0.3) is 0 Å². The Bertz CT molecular complexity index is 755. The fraction of sp³-hybridized carbons (Fsp3) is 0.0625. The first kappa shape index (κ1) is 18.3. The molecule has 0 atom stereocenters. The maximum absolute atomic E-state index is 13.0. The van der Waals surface area contributed by atoms with E-state index in [9.17, 15) is 9.18 Å². The molecule has 0 aliphatic heterocycles. The first-order valence-electron chi connectivity index (χ1n) is 6.30. The summed E-state index contributed by atoms with van der Waals surface area (Å²) in [4.78, 5) is 10.7. The van der Waals surface area contributed by atoms with Gasteiger partial charge in [-0.2, -0.15) is 0 Å². The molecule has 0 fully saturated rings. The largest absolute Gasteiger partial charge is 0.486 e. The van der Waals surface area contributed by atoms with E-state index < -0.39 is 11.1 Å². The molecule has 0 N–H and O–H groups in total. The number of rotatable bonds is 5. The summed E-state index contributed by atoms with van der Waals surface area (Å²) in [6.45, 7) is 0.132. The average molecular weight is 439 g/mol. The van der Waals surface area contributed by atoms with Crippen molar-refractivity contribution in [3.05, 3.63) is 67.9 Å². The van der Waals surface area contributed by atoms with Gasteiger partial charge in [-0.3, -0.25) is 4.79 Å². The molecule has 2 rings (SSSR count). The topological polar surface area (TPSA) is 26.3 Å². The second-order valence-corrected chi connectivity index (χ2v) is 6.52. The van der Waals surface area contributed by atoms with Crippen LogP contribution < -0.4 is 4.74 Å². The van der Waals surface area contributed by atoms with Gasteiger partial charge in [0, 0.05) is 5.56 Å². The highest BCUT2D eigenvalue weighted by Crippen LogP contribution is 2.35. The predicted octanol–water partition coefficient (Wildman–Crippen LogP) is 6.25. The number of hydrogen-bond acceptors (Lipinski definition) is 2. The number of benzene rings is 2. The fourth-order valence-electron chi connectivity index (χ4n) is 1.76. The van der Waals surface area contributed by atoms with E-state index in [4.69, 9.17) is 39.5 Å². The van der Waals surface area contributed by atoms with Crippen LogP contribution in [0.2, 0.25) is 10.0 Å². The quantitative estimate of drug-likeness (QED) is 0.407. The second kappa shape index (κ2) is 8.15. The van der Waals surface area contributed by atoms with Crippen molar-refractivity contribution in [3.8, 4) is 5.75 Å². The monoisotopic (exact) mass is 436 g/mol. The number of carbonyl (C=O) groups is 1. The van der Waals surface area contributed by atoms with E-state index in [1.807, 2.05) is 0 Å².